The molecule has 0 saturated carbocycles. The molecule has 0 spiro atoms. The Morgan fingerprint density at radius 2 is 2.05 bits per heavy atom. The topological polar surface area (TPSA) is 127 Å². The van der Waals surface area contributed by atoms with Gasteiger partial charge in [0.05, 0.1) is 12.7 Å². The molecule has 4 rings (SSSR count). The van der Waals surface area contributed by atoms with E-state index in [-0.39, 0.29) is 29.6 Å². The number of nitriles is 1. The average molecular weight is 604 g/mol. The zero-order chi connectivity index (χ0) is 31.2. The molecule has 3 aromatic rings. The summed E-state index contributed by atoms with van der Waals surface area (Å²) < 4.78 is 9.27. The molecule has 1 N–H and O–H groups in total. The van der Waals surface area contributed by atoms with Crippen LogP contribution in [0.2, 0.25) is 25.7 Å². The maximum Gasteiger partial charge on any atom is 0.291 e. The van der Waals surface area contributed by atoms with Crippen LogP contribution in [-0.4, -0.2) is 75.9 Å². The van der Waals surface area contributed by atoms with Crippen LogP contribution in [0.3, 0.4) is 0 Å². The van der Waals surface area contributed by atoms with E-state index in [1.54, 1.807) is 4.57 Å². The average Bonchev–Trinajstić information content (AvgIpc) is 3.56. The Hall–Kier alpha value is -3.66. The summed E-state index contributed by atoms with van der Waals surface area (Å²) in [6.45, 7) is 13.6. The summed E-state index contributed by atoms with van der Waals surface area (Å²) >= 11 is 0. The molecule has 0 bridgehead atoms. The standard InChI is InChI=1S/C31H45N9O2Si/c1-31(2)12-10-24(11-13-31)26-18-23(19-28-35-36-37-40(28)15-14-38(3)4)8-9-27(26)34-30(41)29-33-21-25(20-32)39(29)22-42-16-17-43(5,6)7/h8-10,18,21H,11-17,19,22H2,1-7H3,(H,34,41). The molecule has 0 unspecified atom stereocenters. The lowest BCUT2D eigenvalue weighted by atomic mass is 9.76. The van der Waals surface area contributed by atoms with E-state index in [0.717, 1.165) is 48.8 Å². The second-order valence-electron chi connectivity index (χ2n) is 13.6. The van der Waals surface area contributed by atoms with Crippen molar-refractivity contribution in [2.45, 2.75) is 78.5 Å². The first-order chi connectivity index (χ1) is 20.3. The second-order valence-corrected chi connectivity index (χ2v) is 19.2. The van der Waals surface area contributed by atoms with Crippen LogP contribution < -0.4 is 5.32 Å². The lowest BCUT2D eigenvalue weighted by Crippen LogP contribution is -2.24. The first-order valence-electron chi connectivity index (χ1n) is 14.9. The summed E-state index contributed by atoms with van der Waals surface area (Å²) in [5.74, 6) is 0.565. The van der Waals surface area contributed by atoms with Crippen LogP contribution in [0.5, 0.6) is 0 Å². The van der Waals surface area contributed by atoms with E-state index < -0.39 is 8.07 Å². The van der Waals surface area contributed by atoms with E-state index >= 15 is 0 Å². The van der Waals surface area contributed by atoms with Gasteiger partial charge in [-0.1, -0.05) is 45.6 Å². The molecular formula is C31H45N9O2Si. The van der Waals surface area contributed by atoms with Gasteiger partial charge >= 0.3 is 0 Å². The fraction of sp³-hybridized carbons (Fsp3) is 0.548. The third kappa shape index (κ3) is 8.92. The maximum absolute atomic E-state index is 13.6. The van der Waals surface area contributed by atoms with E-state index in [1.807, 2.05) is 30.9 Å². The van der Waals surface area contributed by atoms with Crippen LogP contribution in [0.15, 0.2) is 30.5 Å². The normalized spacial score (nSPS) is 14.9. The monoisotopic (exact) mass is 603 g/mol. The van der Waals surface area contributed by atoms with Gasteiger partial charge in [-0.25, -0.2) is 9.67 Å². The lowest BCUT2D eigenvalue weighted by Gasteiger charge is -2.29. The number of hydrogen-bond donors (Lipinski definition) is 1. The summed E-state index contributed by atoms with van der Waals surface area (Å²) in [6, 6.07) is 9.21. The van der Waals surface area contributed by atoms with Crippen LogP contribution >= 0.6 is 0 Å². The number of hydrogen-bond acceptors (Lipinski definition) is 8. The summed E-state index contributed by atoms with van der Waals surface area (Å²) in [7, 11) is 2.78. The largest absolute Gasteiger partial charge is 0.361 e. The molecule has 0 atom stereocenters. The van der Waals surface area contributed by atoms with E-state index in [9.17, 15) is 10.1 Å². The van der Waals surface area contributed by atoms with Gasteiger partial charge in [-0.05, 0) is 78.5 Å². The molecule has 230 valence electrons. The number of carbonyl (C=O) groups is 1. The van der Waals surface area contributed by atoms with Crippen molar-refractivity contribution in [3.05, 3.63) is 58.9 Å². The van der Waals surface area contributed by atoms with Gasteiger partial charge in [0.1, 0.15) is 18.5 Å². The Kier molecular flexibility index (Phi) is 10.3. The highest BCUT2D eigenvalue weighted by Crippen LogP contribution is 2.40. The fourth-order valence-electron chi connectivity index (χ4n) is 4.89. The molecule has 12 heteroatoms. The SMILES string of the molecule is CN(C)CCn1nnnc1Cc1ccc(NC(=O)c2ncc(C#N)n2COCC[Si](C)(C)C)c(C2=CCC(C)(C)CC2)c1. The molecule has 11 nitrogen and oxygen atoms in total. The minimum atomic E-state index is -1.27. The number of allylic oxidation sites excluding steroid dienone is 2. The van der Waals surface area contributed by atoms with Crippen molar-refractivity contribution >= 4 is 25.2 Å². The molecule has 1 aliphatic carbocycles. The van der Waals surface area contributed by atoms with Crippen LogP contribution in [0, 0.1) is 16.7 Å². The van der Waals surface area contributed by atoms with Crippen molar-refractivity contribution < 1.29 is 9.53 Å². The number of ether oxygens (including phenoxy) is 1. The van der Waals surface area contributed by atoms with Gasteiger partial charge in [-0.2, -0.15) is 5.26 Å². The van der Waals surface area contributed by atoms with Crippen molar-refractivity contribution in [1.82, 2.24) is 34.7 Å². The van der Waals surface area contributed by atoms with Gasteiger partial charge in [0.15, 0.2) is 5.82 Å². The number of rotatable bonds is 13. The maximum atomic E-state index is 13.6. The molecule has 1 aliphatic rings. The van der Waals surface area contributed by atoms with Gasteiger partial charge < -0.3 is 15.0 Å². The number of carbonyl (C=O) groups excluding carboxylic acids is 1. The molecule has 0 radical (unpaired) electrons. The first-order valence-corrected chi connectivity index (χ1v) is 18.6. The number of anilines is 1. The van der Waals surface area contributed by atoms with Gasteiger partial charge in [0.2, 0.25) is 5.82 Å². The van der Waals surface area contributed by atoms with Crippen LogP contribution in [0.1, 0.15) is 66.4 Å². The summed E-state index contributed by atoms with van der Waals surface area (Å²) in [5, 5.41) is 25.1. The van der Waals surface area contributed by atoms with Crippen molar-refractivity contribution in [3.63, 3.8) is 0 Å². The number of imidazole rings is 1. The molecule has 1 aromatic carbocycles. The Balaban J connectivity index is 1.59. The van der Waals surface area contributed by atoms with Crippen LogP contribution in [0.4, 0.5) is 5.69 Å². The third-order valence-electron chi connectivity index (χ3n) is 7.77. The van der Waals surface area contributed by atoms with Crippen LogP contribution in [0.25, 0.3) is 5.57 Å². The zero-order valence-electron chi connectivity index (χ0n) is 26.6. The Labute approximate surface area is 255 Å². The van der Waals surface area contributed by atoms with Gasteiger partial charge in [0.25, 0.3) is 5.91 Å². The van der Waals surface area contributed by atoms with Crippen molar-refractivity contribution in [1.29, 1.82) is 5.26 Å². The number of nitrogens with zero attached hydrogens (tertiary/aromatic N) is 8. The lowest BCUT2D eigenvalue weighted by molar-refractivity contribution is 0.0804. The smallest absolute Gasteiger partial charge is 0.291 e. The Bertz CT molecular complexity index is 1490. The fourth-order valence-corrected chi connectivity index (χ4v) is 5.64. The molecule has 0 aliphatic heterocycles. The number of benzene rings is 1. The highest BCUT2D eigenvalue weighted by Gasteiger charge is 2.25. The van der Waals surface area contributed by atoms with E-state index in [2.05, 4.69) is 82.4 Å². The summed E-state index contributed by atoms with van der Waals surface area (Å²) in [6.07, 6.45) is 7.23. The van der Waals surface area contributed by atoms with Gasteiger partial charge in [0, 0.05) is 38.9 Å². The molecule has 2 heterocycles. The molecule has 2 aromatic heterocycles. The molecular weight excluding hydrogens is 558 g/mol. The Morgan fingerprint density at radius 3 is 2.72 bits per heavy atom. The van der Waals surface area contributed by atoms with Gasteiger partial charge in [-0.3, -0.25) is 9.36 Å². The number of amides is 1. The van der Waals surface area contributed by atoms with Crippen molar-refractivity contribution in [2.24, 2.45) is 5.41 Å². The number of tetrazole rings is 1. The predicted octanol–water partition coefficient (Wildman–Crippen LogP) is 5.05. The summed E-state index contributed by atoms with van der Waals surface area (Å²) in [4.78, 5) is 20.0. The van der Waals surface area contributed by atoms with E-state index in [0.29, 0.717) is 25.3 Å². The highest BCUT2D eigenvalue weighted by molar-refractivity contribution is 6.76. The number of likely N-dealkylation sites (N-methyl/N-ethyl adjacent to an activating group) is 1. The predicted molar refractivity (Wildman–Crippen MR) is 170 cm³/mol. The van der Waals surface area contributed by atoms with E-state index in [4.69, 9.17) is 4.74 Å². The molecule has 43 heavy (non-hydrogen) atoms. The summed E-state index contributed by atoms with van der Waals surface area (Å²) in [5.41, 5.74) is 4.49. The quantitative estimate of drug-likeness (QED) is 0.212. The van der Waals surface area contributed by atoms with Crippen molar-refractivity contribution in [3.8, 4) is 6.07 Å². The molecule has 0 fully saturated rings. The second kappa shape index (κ2) is 13.8. The minimum Gasteiger partial charge on any atom is -0.361 e. The zero-order valence-corrected chi connectivity index (χ0v) is 27.6. The number of aromatic nitrogens is 6. The Morgan fingerprint density at radius 1 is 1.26 bits per heavy atom. The highest BCUT2D eigenvalue weighted by atomic mass is 28.3. The van der Waals surface area contributed by atoms with Crippen LogP contribution in [-0.2, 0) is 24.4 Å². The molecule has 1 amide bonds. The van der Waals surface area contributed by atoms with Gasteiger partial charge in [-0.15, -0.1) is 5.10 Å². The molecule has 0 saturated heterocycles. The van der Waals surface area contributed by atoms with E-state index in [1.165, 1.54) is 11.8 Å². The number of nitrogens with one attached hydrogen (secondary N) is 1. The third-order valence-corrected chi connectivity index (χ3v) is 9.47. The van der Waals surface area contributed by atoms with Crippen molar-refractivity contribution in [2.75, 3.05) is 32.6 Å². The minimum absolute atomic E-state index is 0.102. The first kappa shape index (κ1) is 32.3.